The Morgan fingerprint density at radius 1 is 1.12 bits per heavy atom. The topological polar surface area (TPSA) is 133 Å². The third-order valence-electron chi connectivity index (χ3n) is 9.12. The first-order valence-electron chi connectivity index (χ1n) is 14.3. The minimum Gasteiger partial charge on any atom is -0.393 e. The fourth-order valence-corrected chi connectivity index (χ4v) is 6.88. The Hall–Kier alpha value is -3.80. The number of aliphatic hydroxyl groups is 1. The highest BCUT2D eigenvalue weighted by Gasteiger charge is 2.53. The second-order valence-electron chi connectivity index (χ2n) is 11.5. The second-order valence-corrected chi connectivity index (χ2v) is 11.5. The summed E-state index contributed by atoms with van der Waals surface area (Å²) in [5, 5.41) is 19.7. The number of aromatic nitrogens is 5. The quantitative estimate of drug-likeness (QED) is 0.370. The van der Waals surface area contributed by atoms with Gasteiger partial charge in [-0.05, 0) is 55.9 Å². The highest BCUT2D eigenvalue weighted by atomic mass is 16.5. The molecule has 5 heterocycles. The molecule has 1 aromatic carbocycles. The molecule has 1 unspecified atom stereocenters. The molecule has 4 aromatic rings. The van der Waals surface area contributed by atoms with Crippen LogP contribution in [0.5, 0.6) is 0 Å². The Morgan fingerprint density at radius 2 is 1.95 bits per heavy atom. The van der Waals surface area contributed by atoms with Gasteiger partial charge in [0.15, 0.2) is 5.82 Å². The van der Waals surface area contributed by atoms with E-state index in [2.05, 4.69) is 32.0 Å². The van der Waals surface area contributed by atoms with E-state index in [0.717, 1.165) is 47.3 Å². The van der Waals surface area contributed by atoms with Crippen molar-refractivity contribution in [1.29, 1.82) is 0 Å². The van der Waals surface area contributed by atoms with E-state index >= 15 is 0 Å². The number of rotatable bonds is 6. The molecule has 1 aliphatic carbocycles. The van der Waals surface area contributed by atoms with Gasteiger partial charge < -0.3 is 25.2 Å². The zero-order chi connectivity index (χ0) is 28.1. The maximum absolute atomic E-state index is 13.9. The summed E-state index contributed by atoms with van der Waals surface area (Å²) >= 11 is 0. The monoisotopic (exact) mass is 557 g/mol. The van der Waals surface area contributed by atoms with Crippen molar-refractivity contribution in [1.82, 2.24) is 29.3 Å². The number of aliphatic hydroxyl groups excluding tert-OH is 1. The maximum Gasteiger partial charge on any atom is 0.233 e. The molecule has 11 nitrogen and oxygen atoms in total. The van der Waals surface area contributed by atoms with Gasteiger partial charge in [-0.1, -0.05) is 18.2 Å². The molecular weight excluding hydrogens is 522 g/mol. The van der Waals surface area contributed by atoms with Gasteiger partial charge in [-0.3, -0.25) is 9.48 Å². The molecule has 41 heavy (non-hydrogen) atoms. The Morgan fingerprint density at radius 3 is 2.71 bits per heavy atom. The standard InChI is InChI=1S/C30H35N7O4/c1-40-23-6-10-35(17-23)29(39)30(15-22(38)16-30)20-4-2-3-19(13-20)26-14-24(27-28(31)32-18-34-37(26)27)25-5-9-33-36(25)21-7-11-41-12-8-21/h2-5,9,13-14,18,21-23,38H,6-8,10-12,15-17H2,1H3,(H2,31,32,34)/t22-,23?,30-. The Kier molecular flexibility index (Phi) is 6.52. The third kappa shape index (κ3) is 4.30. The molecule has 3 aliphatic rings. The van der Waals surface area contributed by atoms with Crippen molar-refractivity contribution >= 4 is 17.2 Å². The van der Waals surface area contributed by atoms with E-state index in [1.54, 1.807) is 7.11 Å². The molecule has 1 atom stereocenters. The predicted molar refractivity (Wildman–Crippen MR) is 152 cm³/mol. The van der Waals surface area contributed by atoms with Crippen LogP contribution in [0.3, 0.4) is 0 Å². The molecule has 0 spiro atoms. The van der Waals surface area contributed by atoms with Gasteiger partial charge in [-0.15, -0.1) is 0 Å². The van der Waals surface area contributed by atoms with Crippen molar-refractivity contribution in [3.8, 4) is 22.5 Å². The van der Waals surface area contributed by atoms with E-state index in [-0.39, 0.29) is 18.1 Å². The number of anilines is 1. The van der Waals surface area contributed by atoms with Gasteiger partial charge >= 0.3 is 0 Å². The van der Waals surface area contributed by atoms with E-state index in [0.29, 0.717) is 50.5 Å². The van der Waals surface area contributed by atoms with Crippen LogP contribution in [0.15, 0.2) is 48.9 Å². The van der Waals surface area contributed by atoms with E-state index in [1.165, 1.54) is 6.33 Å². The fourth-order valence-electron chi connectivity index (χ4n) is 6.88. The lowest BCUT2D eigenvalue weighted by Gasteiger charge is -2.46. The molecular formula is C30H35N7O4. The zero-order valence-electron chi connectivity index (χ0n) is 23.1. The van der Waals surface area contributed by atoms with Crippen molar-refractivity contribution in [2.75, 3.05) is 39.1 Å². The number of carbonyl (C=O) groups is 1. The summed E-state index contributed by atoms with van der Waals surface area (Å²) in [4.78, 5) is 20.1. The Labute approximate surface area is 237 Å². The van der Waals surface area contributed by atoms with Crippen LogP contribution in [-0.4, -0.2) is 85.9 Å². The van der Waals surface area contributed by atoms with Crippen molar-refractivity contribution in [2.24, 2.45) is 0 Å². The fraction of sp³-hybridized carbons (Fsp3) is 0.467. The number of benzene rings is 1. The smallest absolute Gasteiger partial charge is 0.233 e. The number of ether oxygens (including phenoxy) is 2. The van der Waals surface area contributed by atoms with E-state index in [4.69, 9.17) is 15.2 Å². The normalized spacial score (nSPS) is 25.1. The molecule has 2 saturated heterocycles. The minimum atomic E-state index is -0.760. The first-order chi connectivity index (χ1) is 20.0. The van der Waals surface area contributed by atoms with Gasteiger partial charge in [0.05, 0.1) is 35.1 Å². The van der Waals surface area contributed by atoms with Crippen molar-refractivity contribution in [3.05, 3.63) is 54.5 Å². The number of nitrogens with zero attached hydrogens (tertiary/aromatic N) is 6. The highest BCUT2D eigenvalue weighted by Crippen LogP contribution is 2.47. The van der Waals surface area contributed by atoms with E-state index in [1.807, 2.05) is 39.9 Å². The molecule has 7 rings (SSSR count). The lowest BCUT2D eigenvalue weighted by atomic mass is 9.61. The molecule has 11 heteroatoms. The lowest BCUT2D eigenvalue weighted by Crippen LogP contribution is -2.56. The Bertz CT molecular complexity index is 1580. The summed E-state index contributed by atoms with van der Waals surface area (Å²) in [6.45, 7) is 2.67. The minimum absolute atomic E-state index is 0.0533. The average molecular weight is 558 g/mol. The zero-order valence-corrected chi connectivity index (χ0v) is 23.1. The molecule has 0 bridgehead atoms. The first kappa shape index (κ1) is 26.1. The largest absolute Gasteiger partial charge is 0.393 e. The molecule has 3 aromatic heterocycles. The second kappa shape index (κ2) is 10.2. The summed E-state index contributed by atoms with van der Waals surface area (Å²) in [5.74, 6) is 0.444. The SMILES string of the molecule is COC1CCN(C(=O)[C@]2(c3cccc(-c4cc(-c5ccnn5C5CCOCC5)c5c(N)ncnn45)c3)C[C@@H](O)C2)C1. The molecule has 1 amide bonds. The van der Waals surface area contributed by atoms with Gasteiger partial charge in [0.1, 0.15) is 11.8 Å². The van der Waals surface area contributed by atoms with E-state index < -0.39 is 11.5 Å². The maximum atomic E-state index is 13.9. The molecule has 1 saturated carbocycles. The van der Waals surface area contributed by atoms with Crippen molar-refractivity contribution < 1.29 is 19.4 Å². The van der Waals surface area contributed by atoms with Crippen molar-refractivity contribution in [3.63, 3.8) is 0 Å². The van der Waals surface area contributed by atoms with Crippen LogP contribution in [0.1, 0.15) is 43.7 Å². The molecule has 0 radical (unpaired) electrons. The van der Waals surface area contributed by atoms with Crippen LogP contribution in [0.4, 0.5) is 5.82 Å². The van der Waals surface area contributed by atoms with Gasteiger partial charge in [0.25, 0.3) is 0 Å². The first-order valence-corrected chi connectivity index (χ1v) is 14.3. The third-order valence-corrected chi connectivity index (χ3v) is 9.12. The lowest BCUT2D eigenvalue weighted by molar-refractivity contribution is -0.145. The number of methoxy groups -OCH3 is 1. The number of fused-ring (bicyclic) bond motifs is 1. The van der Waals surface area contributed by atoms with Gasteiger partial charge in [0.2, 0.25) is 5.91 Å². The number of nitrogens with two attached hydrogens (primary N) is 1. The summed E-state index contributed by atoms with van der Waals surface area (Å²) in [7, 11) is 1.69. The molecule has 2 aliphatic heterocycles. The summed E-state index contributed by atoms with van der Waals surface area (Å²) in [5.41, 5.74) is 10.9. The van der Waals surface area contributed by atoms with Gasteiger partial charge in [-0.2, -0.15) is 10.2 Å². The van der Waals surface area contributed by atoms with Crippen LogP contribution in [-0.2, 0) is 19.7 Å². The number of amides is 1. The molecule has 3 N–H and O–H groups in total. The highest BCUT2D eigenvalue weighted by molar-refractivity contribution is 5.92. The van der Waals surface area contributed by atoms with Crippen LogP contribution in [0.2, 0.25) is 0 Å². The summed E-state index contributed by atoms with van der Waals surface area (Å²) < 4.78 is 15.0. The number of carbonyl (C=O) groups excluding carboxylic acids is 1. The molecule has 214 valence electrons. The average Bonchev–Trinajstić information content (AvgIpc) is 3.74. The van der Waals surface area contributed by atoms with Gasteiger partial charge in [0, 0.05) is 50.7 Å². The van der Waals surface area contributed by atoms with Gasteiger partial charge in [-0.25, -0.2) is 9.50 Å². The molecule has 3 fully saturated rings. The number of hydrogen-bond donors (Lipinski definition) is 2. The summed E-state index contributed by atoms with van der Waals surface area (Å²) in [6.07, 6.45) is 6.26. The van der Waals surface area contributed by atoms with E-state index in [9.17, 15) is 9.90 Å². The van der Waals surface area contributed by atoms with Crippen LogP contribution < -0.4 is 5.73 Å². The number of hydrogen-bond acceptors (Lipinski definition) is 8. The predicted octanol–water partition coefficient (Wildman–Crippen LogP) is 2.83. The number of likely N-dealkylation sites (tertiary alicyclic amines) is 1. The summed E-state index contributed by atoms with van der Waals surface area (Å²) in [6, 6.07) is 12.4. The number of nitrogen functional groups attached to an aromatic ring is 1. The van der Waals surface area contributed by atoms with Crippen LogP contribution in [0, 0.1) is 0 Å². The van der Waals surface area contributed by atoms with Crippen LogP contribution in [0.25, 0.3) is 28.0 Å². The van der Waals surface area contributed by atoms with Crippen molar-refractivity contribution in [2.45, 2.75) is 55.8 Å². The van der Waals surface area contributed by atoms with Crippen LogP contribution >= 0.6 is 0 Å². The Balaban J connectivity index is 1.30.